The lowest BCUT2D eigenvalue weighted by atomic mass is 10.0. The van der Waals surface area contributed by atoms with Crippen molar-refractivity contribution in [2.45, 2.75) is 40.0 Å². The van der Waals surface area contributed by atoms with Gasteiger partial charge in [0, 0.05) is 48.8 Å². The van der Waals surface area contributed by atoms with Crippen molar-refractivity contribution in [1.82, 2.24) is 5.32 Å². The minimum atomic E-state index is -0.388. The first-order valence-electron chi connectivity index (χ1n) is 10.7. The molecular weight excluding hydrogens is 395 g/mol. The Kier molecular flexibility index (Phi) is 7.45. The van der Waals surface area contributed by atoms with Crippen molar-refractivity contribution in [3.63, 3.8) is 0 Å². The summed E-state index contributed by atoms with van der Waals surface area (Å²) in [5, 5.41) is 3.74. The van der Waals surface area contributed by atoms with Crippen LogP contribution in [0.3, 0.4) is 0 Å². The van der Waals surface area contributed by atoms with E-state index in [1.165, 1.54) is 12.1 Å². The molecule has 0 saturated carbocycles. The lowest BCUT2D eigenvalue weighted by molar-refractivity contribution is -0.121. The first kappa shape index (κ1) is 22.5. The SMILES string of the molecule is CCN(CC)c1ccc2c(C)c(CCC(=O)NCCc3ccc(F)cc3)c(=O)oc2c1. The van der Waals surface area contributed by atoms with E-state index in [9.17, 15) is 14.0 Å². The highest BCUT2D eigenvalue weighted by atomic mass is 19.1. The summed E-state index contributed by atoms with van der Waals surface area (Å²) in [6.07, 6.45) is 1.15. The van der Waals surface area contributed by atoms with Crippen LogP contribution in [0.5, 0.6) is 0 Å². The van der Waals surface area contributed by atoms with E-state index in [0.717, 1.165) is 35.3 Å². The van der Waals surface area contributed by atoms with E-state index in [4.69, 9.17) is 4.42 Å². The Morgan fingerprint density at radius 1 is 1.06 bits per heavy atom. The molecule has 0 bridgehead atoms. The number of halogens is 1. The topological polar surface area (TPSA) is 62.6 Å². The molecule has 5 nitrogen and oxygen atoms in total. The van der Waals surface area contributed by atoms with Crippen LogP contribution in [0.4, 0.5) is 10.1 Å². The average molecular weight is 425 g/mol. The summed E-state index contributed by atoms with van der Waals surface area (Å²) in [7, 11) is 0. The maximum Gasteiger partial charge on any atom is 0.339 e. The average Bonchev–Trinajstić information content (AvgIpc) is 2.75. The normalized spacial score (nSPS) is 11.0. The molecule has 0 aliphatic heterocycles. The highest BCUT2D eigenvalue weighted by Crippen LogP contribution is 2.25. The molecule has 1 amide bonds. The van der Waals surface area contributed by atoms with Gasteiger partial charge in [0.1, 0.15) is 11.4 Å². The summed E-state index contributed by atoms with van der Waals surface area (Å²) in [5.41, 5.74) is 3.55. The van der Waals surface area contributed by atoms with Gasteiger partial charge in [-0.25, -0.2) is 9.18 Å². The molecule has 0 unspecified atom stereocenters. The predicted molar refractivity (Wildman–Crippen MR) is 122 cm³/mol. The zero-order valence-electron chi connectivity index (χ0n) is 18.3. The number of anilines is 1. The monoisotopic (exact) mass is 424 g/mol. The third-order valence-corrected chi connectivity index (χ3v) is 5.65. The van der Waals surface area contributed by atoms with Gasteiger partial charge in [0.05, 0.1) is 0 Å². The second-order valence-electron chi connectivity index (χ2n) is 7.57. The Balaban J connectivity index is 1.64. The van der Waals surface area contributed by atoms with Crippen molar-refractivity contribution in [1.29, 1.82) is 0 Å². The predicted octanol–water partition coefficient (Wildman–Crippen LogP) is 4.38. The van der Waals surface area contributed by atoms with Gasteiger partial charge in [-0.3, -0.25) is 4.79 Å². The first-order chi connectivity index (χ1) is 14.9. The van der Waals surface area contributed by atoms with Gasteiger partial charge in [0.25, 0.3) is 0 Å². The Bertz CT molecular complexity index is 1100. The number of hydrogen-bond donors (Lipinski definition) is 1. The molecule has 2 aromatic carbocycles. The second kappa shape index (κ2) is 10.2. The molecule has 0 aliphatic rings. The molecule has 0 fully saturated rings. The molecule has 31 heavy (non-hydrogen) atoms. The van der Waals surface area contributed by atoms with Crippen LogP contribution in [0.25, 0.3) is 11.0 Å². The number of carbonyl (C=O) groups excluding carboxylic acids is 1. The van der Waals surface area contributed by atoms with Gasteiger partial charge in [-0.2, -0.15) is 0 Å². The Morgan fingerprint density at radius 3 is 2.45 bits per heavy atom. The van der Waals surface area contributed by atoms with Crippen molar-refractivity contribution in [2.75, 3.05) is 24.5 Å². The van der Waals surface area contributed by atoms with Crippen LogP contribution in [-0.4, -0.2) is 25.5 Å². The number of nitrogens with one attached hydrogen (secondary N) is 1. The Labute approximate surface area is 181 Å². The second-order valence-corrected chi connectivity index (χ2v) is 7.57. The Morgan fingerprint density at radius 2 is 1.77 bits per heavy atom. The summed E-state index contributed by atoms with van der Waals surface area (Å²) in [6, 6.07) is 12.1. The van der Waals surface area contributed by atoms with Crippen LogP contribution < -0.4 is 15.8 Å². The number of aryl methyl sites for hydroxylation is 1. The summed E-state index contributed by atoms with van der Waals surface area (Å²) in [4.78, 5) is 27.0. The fourth-order valence-corrected chi connectivity index (χ4v) is 3.78. The highest BCUT2D eigenvalue weighted by molar-refractivity contribution is 5.84. The van der Waals surface area contributed by atoms with Crippen molar-refractivity contribution in [3.8, 4) is 0 Å². The summed E-state index contributed by atoms with van der Waals surface area (Å²) < 4.78 is 18.5. The third-order valence-electron chi connectivity index (χ3n) is 5.65. The molecule has 0 aliphatic carbocycles. The molecule has 0 radical (unpaired) electrons. The summed E-state index contributed by atoms with van der Waals surface area (Å²) in [5.74, 6) is -0.403. The van der Waals surface area contributed by atoms with E-state index in [-0.39, 0.29) is 23.8 Å². The van der Waals surface area contributed by atoms with Gasteiger partial charge in [0.2, 0.25) is 5.91 Å². The smallest absolute Gasteiger partial charge is 0.339 e. The lowest BCUT2D eigenvalue weighted by Crippen LogP contribution is -2.26. The molecular formula is C25H29FN2O3. The highest BCUT2D eigenvalue weighted by Gasteiger charge is 2.14. The van der Waals surface area contributed by atoms with Gasteiger partial charge < -0.3 is 14.6 Å². The molecule has 0 saturated heterocycles. The van der Waals surface area contributed by atoms with Crippen LogP contribution in [0.15, 0.2) is 51.7 Å². The standard InChI is InChI=1S/C25H29FN2O3/c1-4-28(5-2)20-10-11-21-17(3)22(25(30)31-23(21)16-20)12-13-24(29)27-15-14-18-6-8-19(26)9-7-18/h6-11,16H,4-5,12-15H2,1-3H3,(H,27,29). The van der Waals surface area contributed by atoms with Crippen molar-refractivity contribution in [3.05, 3.63) is 75.4 Å². The number of carbonyl (C=O) groups is 1. The minimum Gasteiger partial charge on any atom is -0.422 e. The zero-order chi connectivity index (χ0) is 22.4. The fraction of sp³-hybridized carbons (Fsp3) is 0.360. The largest absolute Gasteiger partial charge is 0.422 e. The third kappa shape index (κ3) is 5.51. The summed E-state index contributed by atoms with van der Waals surface area (Å²) in [6.45, 7) is 8.28. The van der Waals surface area contributed by atoms with E-state index in [1.54, 1.807) is 12.1 Å². The quantitative estimate of drug-likeness (QED) is 0.518. The van der Waals surface area contributed by atoms with E-state index < -0.39 is 0 Å². The van der Waals surface area contributed by atoms with Crippen LogP contribution in [0, 0.1) is 12.7 Å². The van der Waals surface area contributed by atoms with Crippen LogP contribution in [0.2, 0.25) is 0 Å². The number of nitrogens with zero attached hydrogens (tertiary/aromatic N) is 1. The molecule has 0 atom stereocenters. The van der Waals surface area contributed by atoms with E-state index in [2.05, 4.69) is 24.1 Å². The zero-order valence-corrected chi connectivity index (χ0v) is 18.3. The van der Waals surface area contributed by atoms with E-state index in [0.29, 0.717) is 30.5 Å². The number of fused-ring (bicyclic) bond motifs is 1. The first-order valence-corrected chi connectivity index (χ1v) is 10.7. The van der Waals surface area contributed by atoms with Crippen molar-refractivity contribution in [2.24, 2.45) is 0 Å². The van der Waals surface area contributed by atoms with Crippen LogP contribution in [-0.2, 0) is 17.6 Å². The van der Waals surface area contributed by atoms with Gasteiger partial charge >= 0.3 is 5.63 Å². The number of hydrogen-bond acceptors (Lipinski definition) is 4. The number of rotatable bonds is 9. The molecule has 6 heteroatoms. The summed E-state index contributed by atoms with van der Waals surface area (Å²) >= 11 is 0. The van der Waals surface area contributed by atoms with Crippen LogP contribution >= 0.6 is 0 Å². The molecule has 1 N–H and O–H groups in total. The molecule has 3 aromatic rings. The fourth-order valence-electron chi connectivity index (χ4n) is 3.78. The molecule has 164 valence electrons. The van der Waals surface area contributed by atoms with Gasteiger partial charge in [-0.1, -0.05) is 12.1 Å². The van der Waals surface area contributed by atoms with Gasteiger partial charge in [0.15, 0.2) is 0 Å². The molecule has 1 aromatic heterocycles. The number of amides is 1. The minimum absolute atomic E-state index is 0.127. The molecule has 0 spiro atoms. The van der Waals surface area contributed by atoms with E-state index in [1.807, 2.05) is 25.1 Å². The maximum absolute atomic E-state index is 12.9. The Hall–Kier alpha value is -3.15. The van der Waals surface area contributed by atoms with Crippen molar-refractivity contribution < 1.29 is 13.6 Å². The van der Waals surface area contributed by atoms with E-state index >= 15 is 0 Å². The van der Waals surface area contributed by atoms with Crippen LogP contribution in [0.1, 0.15) is 37.0 Å². The maximum atomic E-state index is 12.9. The lowest BCUT2D eigenvalue weighted by Gasteiger charge is -2.21. The van der Waals surface area contributed by atoms with Crippen molar-refractivity contribution >= 4 is 22.6 Å². The number of benzene rings is 2. The molecule has 1 heterocycles. The van der Waals surface area contributed by atoms with Gasteiger partial charge in [-0.15, -0.1) is 0 Å². The van der Waals surface area contributed by atoms with Gasteiger partial charge in [-0.05, 0) is 69.0 Å². The molecule has 3 rings (SSSR count).